The highest BCUT2D eigenvalue weighted by Crippen LogP contribution is 2.39. The molecule has 2 aromatic rings. The van der Waals surface area contributed by atoms with E-state index in [-0.39, 0.29) is 24.3 Å². The van der Waals surface area contributed by atoms with Crippen molar-refractivity contribution in [1.82, 2.24) is 10.3 Å². The molecule has 0 spiro atoms. The number of carboxylic acids is 1. The molecule has 2 aliphatic rings. The summed E-state index contributed by atoms with van der Waals surface area (Å²) < 4.78 is 39.9. The summed E-state index contributed by atoms with van der Waals surface area (Å²) in [7, 11) is 0. The van der Waals surface area contributed by atoms with Gasteiger partial charge in [-0.05, 0) is 25.0 Å². The number of fused-ring (bicyclic) bond motifs is 1. The number of para-hydroxylation sites is 1. The highest BCUT2D eigenvalue weighted by atomic mass is 19.4. The van der Waals surface area contributed by atoms with E-state index in [9.17, 15) is 27.9 Å². The van der Waals surface area contributed by atoms with Crippen LogP contribution >= 0.6 is 0 Å². The third-order valence-electron chi connectivity index (χ3n) is 5.24. The van der Waals surface area contributed by atoms with Gasteiger partial charge < -0.3 is 15.3 Å². The van der Waals surface area contributed by atoms with Crippen LogP contribution in [0.3, 0.4) is 0 Å². The number of alkyl halides is 3. The van der Waals surface area contributed by atoms with Crippen molar-refractivity contribution >= 4 is 28.6 Å². The van der Waals surface area contributed by atoms with Crippen LogP contribution in [0.5, 0.6) is 0 Å². The van der Waals surface area contributed by atoms with Gasteiger partial charge >= 0.3 is 12.1 Å². The number of anilines is 1. The number of halogens is 3. The van der Waals surface area contributed by atoms with Gasteiger partial charge in [0.1, 0.15) is 5.82 Å². The largest absolute Gasteiger partial charge is 0.481 e. The number of carbonyl (C=O) groups excluding carboxylic acids is 1. The van der Waals surface area contributed by atoms with Gasteiger partial charge in [-0.25, -0.2) is 4.98 Å². The number of carboxylic acid groups (broad SMARTS) is 1. The molecule has 4 rings (SSSR count). The molecule has 148 valence electrons. The second kappa shape index (κ2) is 6.65. The molecule has 6 nitrogen and oxygen atoms in total. The molecule has 9 heteroatoms. The lowest BCUT2D eigenvalue weighted by molar-refractivity contribution is -0.187. The van der Waals surface area contributed by atoms with Crippen LogP contribution in [0.15, 0.2) is 30.3 Å². The molecule has 1 aliphatic heterocycles. The zero-order valence-corrected chi connectivity index (χ0v) is 14.7. The average molecular weight is 393 g/mol. The molecule has 2 N–H and O–H groups in total. The van der Waals surface area contributed by atoms with Crippen LogP contribution in [0.2, 0.25) is 0 Å². The van der Waals surface area contributed by atoms with Crippen molar-refractivity contribution in [2.45, 2.75) is 25.1 Å². The monoisotopic (exact) mass is 393 g/mol. The summed E-state index contributed by atoms with van der Waals surface area (Å²) >= 11 is 0. The molecule has 0 bridgehead atoms. The number of hydrogen-bond donors (Lipinski definition) is 2. The zero-order valence-electron chi connectivity index (χ0n) is 14.7. The molecule has 2 fully saturated rings. The standard InChI is InChI=1S/C19H18F3N3O3/c20-19(21,22)14-9-25(8-13(14)18(27)28)16-7-12(17(26)23-10-5-6-10)11-3-1-2-4-15(11)24-16/h1-4,7,10,13-14H,5-6,8-9H2,(H,23,26)(H,27,28)/t13-,14-/m1/s1. The molecule has 2 heterocycles. The summed E-state index contributed by atoms with van der Waals surface area (Å²) in [5.41, 5.74) is 0.804. The third kappa shape index (κ3) is 3.48. The Balaban J connectivity index is 1.72. The van der Waals surface area contributed by atoms with Gasteiger partial charge in [0.2, 0.25) is 0 Å². The summed E-state index contributed by atoms with van der Waals surface area (Å²) in [6.45, 7) is -0.815. The van der Waals surface area contributed by atoms with Gasteiger partial charge in [-0.15, -0.1) is 0 Å². The highest BCUT2D eigenvalue weighted by Gasteiger charge is 2.53. The second-order valence-corrected chi connectivity index (χ2v) is 7.29. The average Bonchev–Trinajstić information content (AvgIpc) is 3.32. The normalized spacial score (nSPS) is 22.5. The number of benzene rings is 1. The molecule has 0 radical (unpaired) electrons. The number of amides is 1. The molecular weight excluding hydrogens is 375 g/mol. The van der Waals surface area contributed by atoms with Gasteiger partial charge in [-0.3, -0.25) is 9.59 Å². The molecular formula is C19H18F3N3O3. The minimum Gasteiger partial charge on any atom is -0.481 e. The van der Waals surface area contributed by atoms with E-state index in [1.165, 1.54) is 11.0 Å². The summed E-state index contributed by atoms with van der Waals surface area (Å²) in [6.07, 6.45) is -2.82. The van der Waals surface area contributed by atoms with Crippen LogP contribution in [0.25, 0.3) is 10.9 Å². The summed E-state index contributed by atoms with van der Waals surface area (Å²) in [6, 6.07) is 8.48. The predicted octanol–water partition coefficient (Wildman–Crippen LogP) is 2.83. The Morgan fingerprint density at radius 1 is 1.18 bits per heavy atom. The molecule has 1 aromatic heterocycles. The van der Waals surface area contributed by atoms with Gasteiger partial charge in [-0.2, -0.15) is 13.2 Å². The molecule has 1 saturated heterocycles. The highest BCUT2D eigenvalue weighted by molar-refractivity contribution is 6.07. The fraction of sp³-hybridized carbons (Fsp3) is 0.421. The van der Waals surface area contributed by atoms with E-state index in [0.29, 0.717) is 16.5 Å². The Morgan fingerprint density at radius 2 is 1.89 bits per heavy atom. The maximum absolute atomic E-state index is 13.3. The van der Waals surface area contributed by atoms with Crippen molar-refractivity contribution in [2.75, 3.05) is 18.0 Å². The molecule has 0 unspecified atom stereocenters. The van der Waals surface area contributed by atoms with E-state index in [4.69, 9.17) is 0 Å². The first-order chi connectivity index (χ1) is 13.2. The first-order valence-electron chi connectivity index (χ1n) is 8.99. The Labute approximate surface area is 158 Å². The Kier molecular flexibility index (Phi) is 4.40. The minimum atomic E-state index is -4.62. The number of carbonyl (C=O) groups is 2. The van der Waals surface area contributed by atoms with Crippen LogP contribution in [0.1, 0.15) is 23.2 Å². The number of pyridine rings is 1. The van der Waals surface area contributed by atoms with E-state index < -0.39 is 30.5 Å². The van der Waals surface area contributed by atoms with E-state index in [2.05, 4.69) is 10.3 Å². The van der Waals surface area contributed by atoms with Crippen molar-refractivity contribution in [3.63, 3.8) is 0 Å². The zero-order chi connectivity index (χ0) is 20.1. The molecule has 1 aromatic carbocycles. The SMILES string of the molecule is O=C(NC1CC1)c1cc(N2C[C@@H](C(F)(F)F)[C@H](C(=O)O)C2)nc2ccccc12. The Bertz CT molecular complexity index is 943. The minimum absolute atomic E-state index is 0.126. The molecule has 1 amide bonds. The number of nitrogens with zero attached hydrogens (tertiary/aromatic N) is 2. The quantitative estimate of drug-likeness (QED) is 0.835. The number of aromatic nitrogens is 1. The van der Waals surface area contributed by atoms with Crippen molar-refractivity contribution in [3.05, 3.63) is 35.9 Å². The van der Waals surface area contributed by atoms with E-state index in [0.717, 1.165) is 12.8 Å². The first kappa shape index (κ1) is 18.5. The van der Waals surface area contributed by atoms with Gasteiger partial charge in [0, 0.05) is 24.5 Å². The first-order valence-corrected chi connectivity index (χ1v) is 8.99. The Hall–Kier alpha value is -2.84. The number of rotatable bonds is 4. The van der Waals surface area contributed by atoms with Gasteiger partial charge in [-0.1, -0.05) is 18.2 Å². The topological polar surface area (TPSA) is 82.5 Å². The lowest BCUT2D eigenvalue weighted by Gasteiger charge is -2.20. The van der Waals surface area contributed by atoms with E-state index >= 15 is 0 Å². The van der Waals surface area contributed by atoms with Crippen molar-refractivity contribution in [3.8, 4) is 0 Å². The molecule has 2 atom stereocenters. The maximum atomic E-state index is 13.3. The van der Waals surface area contributed by atoms with Crippen LogP contribution < -0.4 is 10.2 Å². The van der Waals surface area contributed by atoms with Crippen molar-refractivity contribution in [2.24, 2.45) is 11.8 Å². The maximum Gasteiger partial charge on any atom is 0.394 e. The van der Waals surface area contributed by atoms with Gasteiger partial charge in [0.15, 0.2) is 0 Å². The van der Waals surface area contributed by atoms with Gasteiger partial charge in [0.25, 0.3) is 5.91 Å². The fourth-order valence-electron chi connectivity index (χ4n) is 3.57. The summed E-state index contributed by atoms with van der Waals surface area (Å²) in [5, 5.41) is 12.7. The van der Waals surface area contributed by atoms with Gasteiger partial charge in [0.05, 0.1) is 22.9 Å². The number of hydrogen-bond acceptors (Lipinski definition) is 4. The predicted molar refractivity (Wildman–Crippen MR) is 95.1 cm³/mol. The molecule has 28 heavy (non-hydrogen) atoms. The second-order valence-electron chi connectivity index (χ2n) is 7.29. The molecule has 1 aliphatic carbocycles. The number of aliphatic carboxylic acids is 1. The fourth-order valence-corrected chi connectivity index (χ4v) is 3.57. The van der Waals surface area contributed by atoms with Crippen molar-refractivity contribution in [1.29, 1.82) is 0 Å². The van der Waals surface area contributed by atoms with Crippen LogP contribution in [0, 0.1) is 11.8 Å². The van der Waals surface area contributed by atoms with Crippen molar-refractivity contribution < 1.29 is 27.9 Å². The lowest BCUT2D eigenvalue weighted by atomic mass is 9.96. The summed E-state index contributed by atoms with van der Waals surface area (Å²) in [5.74, 6) is -5.17. The smallest absolute Gasteiger partial charge is 0.394 e. The van der Waals surface area contributed by atoms with Crippen LogP contribution in [-0.2, 0) is 4.79 Å². The van der Waals surface area contributed by atoms with Crippen LogP contribution in [0.4, 0.5) is 19.0 Å². The van der Waals surface area contributed by atoms with Crippen LogP contribution in [-0.4, -0.2) is 47.3 Å². The molecule has 1 saturated carbocycles. The Morgan fingerprint density at radius 3 is 2.50 bits per heavy atom. The van der Waals surface area contributed by atoms with E-state index in [1.807, 2.05) is 0 Å². The third-order valence-corrected chi connectivity index (χ3v) is 5.24. The number of nitrogens with one attached hydrogen (secondary N) is 1. The summed E-state index contributed by atoms with van der Waals surface area (Å²) in [4.78, 5) is 29.7. The lowest BCUT2D eigenvalue weighted by Crippen LogP contribution is -2.33. The van der Waals surface area contributed by atoms with E-state index in [1.54, 1.807) is 24.3 Å².